The Morgan fingerprint density at radius 1 is 1.04 bits per heavy atom. The van der Waals surface area contributed by atoms with E-state index >= 15 is 0 Å². The number of H-pyrrole nitrogens is 1. The van der Waals surface area contributed by atoms with E-state index in [2.05, 4.69) is 10.2 Å². The second-order valence-electron chi connectivity index (χ2n) is 4.84. The van der Waals surface area contributed by atoms with E-state index in [4.69, 9.17) is 9.47 Å². The Morgan fingerprint density at radius 3 is 2.48 bits per heavy atom. The van der Waals surface area contributed by atoms with E-state index in [0.29, 0.717) is 16.5 Å². The number of carbonyl (C=O) groups is 2. The molecular formula is C17H14N2O4. The number of aromatic amines is 1. The van der Waals surface area contributed by atoms with Gasteiger partial charge in [-0.05, 0) is 6.07 Å². The molecule has 6 heteroatoms. The number of fused-ring (bicyclic) bond motifs is 1. The van der Waals surface area contributed by atoms with Crippen LogP contribution >= 0.6 is 0 Å². The predicted octanol–water partition coefficient (Wildman–Crippen LogP) is 2.63. The molecule has 116 valence electrons. The SMILES string of the molecule is COC(=O)[C@H](OC(=O)c1n[nH]c2ccccc12)c1ccccc1. The summed E-state index contributed by atoms with van der Waals surface area (Å²) in [5.74, 6) is -1.34. The van der Waals surface area contributed by atoms with Gasteiger partial charge in [-0.25, -0.2) is 9.59 Å². The van der Waals surface area contributed by atoms with Crippen molar-refractivity contribution in [2.24, 2.45) is 0 Å². The normalized spacial score (nSPS) is 11.9. The molecule has 0 unspecified atom stereocenters. The summed E-state index contributed by atoms with van der Waals surface area (Å²) in [5, 5.41) is 7.37. The Labute approximate surface area is 132 Å². The monoisotopic (exact) mass is 310 g/mol. The second-order valence-corrected chi connectivity index (χ2v) is 4.84. The maximum absolute atomic E-state index is 12.4. The average Bonchev–Trinajstić information content (AvgIpc) is 3.04. The maximum atomic E-state index is 12.4. The van der Waals surface area contributed by atoms with Crippen molar-refractivity contribution in [1.82, 2.24) is 10.2 Å². The minimum absolute atomic E-state index is 0.130. The van der Waals surface area contributed by atoms with Gasteiger partial charge in [0, 0.05) is 10.9 Å². The molecule has 0 amide bonds. The summed E-state index contributed by atoms with van der Waals surface area (Å²) in [6.45, 7) is 0. The van der Waals surface area contributed by atoms with Crippen LogP contribution in [-0.4, -0.2) is 29.2 Å². The number of methoxy groups -OCH3 is 1. The van der Waals surface area contributed by atoms with Crippen LogP contribution in [0.2, 0.25) is 0 Å². The second kappa shape index (κ2) is 6.31. The molecule has 1 atom stereocenters. The first-order valence-electron chi connectivity index (χ1n) is 6.97. The molecule has 3 aromatic rings. The fourth-order valence-electron chi connectivity index (χ4n) is 2.27. The summed E-state index contributed by atoms with van der Waals surface area (Å²) >= 11 is 0. The van der Waals surface area contributed by atoms with Crippen molar-refractivity contribution in [2.45, 2.75) is 6.10 Å². The van der Waals surface area contributed by atoms with E-state index in [9.17, 15) is 9.59 Å². The van der Waals surface area contributed by atoms with Crippen LogP contribution in [0, 0.1) is 0 Å². The molecule has 0 aliphatic carbocycles. The molecule has 0 aliphatic heterocycles. The van der Waals surface area contributed by atoms with Crippen LogP contribution in [0.4, 0.5) is 0 Å². The molecule has 0 bridgehead atoms. The zero-order valence-corrected chi connectivity index (χ0v) is 12.4. The summed E-state index contributed by atoms with van der Waals surface area (Å²) in [7, 11) is 1.25. The Balaban J connectivity index is 1.91. The van der Waals surface area contributed by atoms with E-state index in [1.54, 1.807) is 48.5 Å². The van der Waals surface area contributed by atoms with Gasteiger partial charge in [0.2, 0.25) is 6.10 Å². The number of nitrogens with one attached hydrogen (secondary N) is 1. The molecule has 0 saturated carbocycles. The van der Waals surface area contributed by atoms with Crippen LogP contribution in [0.5, 0.6) is 0 Å². The predicted molar refractivity (Wildman–Crippen MR) is 82.7 cm³/mol. The number of rotatable bonds is 4. The highest BCUT2D eigenvalue weighted by molar-refractivity contribution is 6.02. The molecule has 1 N–H and O–H groups in total. The number of hydrogen-bond acceptors (Lipinski definition) is 5. The van der Waals surface area contributed by atoms with Crippen molar-refractivity contribution < 1.29 is 19.1 Å². The maximum Gasteiger partial charge on any atom is 0.360 e. The van der Waals surface area contributed by atoms with Gasteiger partial charge in [0.15, 0.2) is 5.69 Å². The third-order valence-corrected chi connectivity index (χ3v) is 3.41. The van der Waals surface area contributed by atoms with Crippen LogP contribution in [0.1, 0.15) is 22.2 Å². The van der Waals surface area contributed by atoms with Gasteiger partial charge in [-0.1, -0.05) is 48.5 Å². The highest BCUT2D eigenvalue weighted by atomic mass is 16.6. The molecule has 3 rings (SSSR count). The highest BCUT2D eigenvalue weighted by Crippen LogP contribution is 2.22. The first-order valence-corrected chi connectivity index (χ1v) is 6.97. The van der Waals surface area contributed by atoms with Crippen molar-refractivity contribution in [3.05, 3.63) is 65.9 Å². The Morgan fingerprint density at radius 2 is 1.74 bits per heavy atom. The number of carbonyl (C=O) groups excluding carboxylic acids is 2. The molecule has 6 nitrogen and oxygen atoms in total. The number of esters is 2. The fourth-order valence-corrected chi connectivity index (χ4v) is 2.27. The molecule has 23 heavy (non-hydrogen) atoms. The smallest absolute Gasteiger partial charge is 0.360 e. The van der Waals surface area contributed by atoms with Crippen LogP contribution in [-0.2, 0) is 14.3 Å². The number of ether oxygens (including phenoxy) is 2. The van der Waals surface area contributed by atoms with Gasteiger partial charge in [-0.3, -0.25) is 5.10 Å². The molecule has 0 fully saturated rings. The minimum Gasteiger partial charge on any atom is -0.466 e. The molecule has 0 saturated heterocycles. The first-order chi connectivity index (χ1) is 11.2. The molecule has 0 aliphatic rings. The van der Waals surface area contributed by atoms with E-state index < -0.39 is 18.0 Å². The van der Waals surface area contributed by atoms with Crippen molar-refractivity contribution in [3.8, 4) is 0 Å². The van der Waals surface area contributed by atoms with Gasteiger partial charge in [0.05, 0.1) is 12.6 Å². The molecule has 1 aromatic heterocycles. The van der Waals surface area contributed by atoms with Gasteiger partial charge in [-0.15, -0.1) is 0 Å². The van der Waals surface area contributed by atoms with Gasteiger partial charge in [0.1, 0.15) is 0 Å². The minimum atomic E-state index is -1.14. The fraction of sp³-hybridized carbons (Fsp3) is 0.118. The lowest BCUT2D eigenvalue weighted by Gasteiger charge is -2.15. The van der Waals surface area contributed by atoms with E-state index in [-0.39, 0.29) is 5.69 Å². The topological polar surface area (TPSA) is 81.3 Å². The standard InChI is InChI=1S/C17H14N2O4/c1-22-17(21)15(11-7-3-2-4-8-11)23-16(20)14-12-9-5-6-10-13(12)18-19-14/h2-10,15H,1H3,(H,18,19)/t15-/m1/s1. The summed E-state index contributed by atoms with van der Waals surface area (Å²) < 4.78 is 10.1. The highest BCUT2D eigenvalue weighted by Gasteiger charge is 2.28. The quantitative estimate of drug-likeness (QED) is 0.749. The van der Waals surface area contributed by atoms with Gasteiger partial charge >= 0.3 is 11.9 Å². The van der Waals surface area contributed by atoms with Crippen LogP contribution in [0.15, 0.2) is 54.6 Å². The first kappa shape index (κ1) is 14.8. The van der Waals surface area contributed by atoms with Crippen molar-refractivity contribution in [3.63, 3.8) is 0 Å². The van der Waals surface area contributed by atoms with Crippen molar-refractivity contribution in [2.75, 3.05) is 7.11 Å². The molecular weight excluding hydrogens is 296 g/mol. The number of para-hydroxylation sites is 1. The number of hydrogen-bond donors (Lipinski definition) is 1. The Bertz CT molecular complexity index is 842. The summed E-state index contributed by atoms with van der Waals surface area (Å²) in [5.41, 5.74) is 1.38. The molecule has 0 spiro atoms. The van der Waals surface area contributed by atoms with Crippen LogP contribution in [0.25, 0.3) is 10.9 Å². The Kier molecular flexibility index (Phi) is 4.05. The number of nitrogens with zero attached hydrogens (tertiary/aromatic N) is 1. The number of aromatic nitrogens is 2. The third kappa shape index (κ3) is 2.91. The van der Waals surface area contributed by atoms with Gasteiger partial charge in [-0.2, -0.15) is 5.10 Å². The lowest BCUT2D eigenvalue weighted by atomic mass is 10.1. The molecule has 2 aromatic carbocycles. The molecule has 1 heterocycles. The van der Waals surface area contributed by atoms with Crippen LogP contribution < -0.4 is 0 Å². The lowest BCUT2D eigenvalue weighted by Crippen LogP contribution is -2.21. The van der Waals surface area contributed by atoms with Crippen molar-refractivity contribution >= 4 is 22.8 Å². The Hall–Kier alpha value is -3.15. The van der Waals surface area contributed by atoms with E-state index in [1.807, 2.05) is 6.07 Å². The summed E-state index contributed by atoms with van der Waals surface area (Å²) in [6, 6.07) is 15.9. The summed E-state index contributed by atoms with van der Waals surface area (Å²) in [6.07, 6.45) is -1.14. The average molecular weight is 310 g/mol. The zero-order valence-electron chi connectivity index (χ0n) is 12.4. The van der Waals surface area contributed by atoms with Gasteiger partial charge < -0.3 is 9.47 Å². The van der Waals surface area contributed by atoms with Gasteiger partial charge in [0.25, 0.3) is 0 Å². The van der Waals surface area contributed by atoms with Crippen LogP contribution in [0.3, 0.4) is 0 Å². The summed E-state index contributed by atoms with van der Waals surface area (Å²) in [4.78, 5) is 24.4. The zero-order chi connectivity index (χ0) is 16.2. The lowest BCUT2D eigenvalue weighted by molar-refractivity contribution is -0.151. The van der Waals surface area contributed by atoms with E-state index in [1.165, 1.54) is 7.11 Å². The third-order valence-electron chi connectivity index (χ3n) is 3.41. The van der Waals surface area contributed by atoms with Crippen molar-refractivity contribution in [1.29, 1.82) is 0 Å². The largest absolute Gasteiger partial charge is 0.466 e. The van der Waals surface area contributed by atoms with E-state index in [0.717, 1.165) is 0 Å². The molecule has 0 radical (unpaired) electrons. The number of benzene rings is 2.